The minimum Gasteiger partial charge on any atom is -0.472 e. The number of furan rings is 1. The number of hydrogen-bond donors (Lipinski definition) is 0. The molecule has 0 bridgehead atoms. The maximum Gasteiger partial charge on any atom is 0.331 e. The molecule has 0 atom stereocenters. The van der Waals surface area contributed by atoms with Gasteiger partial charge in [0.15, 0.2) is 0 Å². The van der Waals surface area contributed by atoms with E-state index in [1.165, 1.54) is 33.9 Å². The molecule has 0 amide bonds. The van der Waals surface area contributed by atoms with E-state index in [-0.39, 0.29) is 17.8 Å². The van der Waals surface area contributed by atoms with Gasteiger partial charge in [-0.25, -0.2) is 4.79 Å². The van der Waals surface area contributed by atoms with E-state index < -0.39 is 0 Å². The summed E-state index contributed by atoms with van der Waals surface area (Å²) in [6.45, 7) is 2.65. The lowest BCUT2D eigenvalue weighted by Crippen LogP contribution is -2.38. The fourth-order valence-corrected chi connectivity index (χ4v) is 1.51. The van der Waals surface area contributed by atoms with Crippen LogP contribution in [0.2, 0.25) is 0 Å². The minimum atomic E-state index is -0.295. The van der Waals surface area contributed by atoms with Gasteiger partial charge in [-0.1, -0.05) is 0 Å². The number of aromatic nitrogens is 2. The molecule has 0 unspecified atom stereocenters. The normalized spacial score (nSPS) is 10.6. The summed E-state index contributed by atoms with van der Waals surface area (Å²) in [5.74, 6) is 0. The molecule has 0 spiro atoms. The predicted octanol–water partition coefficient (Wildman–Crippen LogP) is 0.671. The van der Waals surface area contributed by atoms with Crippen LogP contribution in [-0.4, -0.2) is 9.13 Å². The molecular weight excluding hydrogens is 208 g/mol. The van der Waals surface area contributed by atoms with E-state index >= 15 is 0 Å². The van der Waals surface area contributed by atoms with Gasteiger partial charge in [0.05, 0.1) is 19.1 Å². The third kappa shape index (κ3) is 1.84. The number of nitrogens with zero attached hydrogens (tertiary/aromatic N) is 2. The second kappa shape index (κ2) is 4.22. The van der Waals surface area contributed by atoms with Crippen molar-refractivity contribution in [3.05, 3.63) is 57.3 Å². The van der Waals surface area contributed by atoms with E-state index in [4.69, 9.17) is 4.42 Å². The Morgan fingerprint density at radius 2 is 2.12 bits per heavy atom. The SMILES string of the molecule is CCn1ccc(=O)n(Cc2ccoc2)c1=O. The van der Waals surface area contributed by atoms with Gasteiger partial charge in [-0.15, -0.1) is 0 Å². The van der Waals surface area contributed by atoms with Gasteiger partial charge in [0.25, 0.3) is 5.56 Å². The Kier molecular flexibility index (Phi) is 2.76. The van der Waals surface area contributed by atoms with Gasteiger partial charge in [-0.05, 0) is 13.0 Å². The highest BCUT2D eigenvalue weighted by atomic mass is 16.3. The highest BCUT2D eigenvalue weighted by Gasteiger charge is 2.05. The first kappa shape index (κ1) is 10.5. The van der Waals surface area contributed by atoms with Crippen LogP contribution in [0.25, 0.3) is 0 Å². The molecule has 5 heteroatoms. The molecule has 16 heavy (non-hydrogen) atoms. The van der Waals surface area contributed by atoms with Crippen molar-refractivity contribution in [3.63, 3.8) is 0 Å². The van der Waals surface area contributed by atoms with Gasteiger partial charge in [0.1, 0.15) is 0 Å². The van der Waals surface area contributed by atoms with Gasteiger partial charge < -0.3 is 8.98 Å². The zero-order chi connectivity index (χ0) is 11.5. The average Bonchev–Trinajstić information content (AvgIpc) is 2.77. The van der Waals surface area contributed by atoms with Crippen molar-refractivity contribution in [1.29, 1.82) is 0 Å². The van der Waals surface area contributed by atoms with Gasteiger partial charge in [0, 0.05) is 24.4 Å². The number of hydrogen-bond acceptors (Lipinski definition) is 3. The van der Waals surface area contributed by atoms with Gasteiger partial charge in [-0.3, -0.25) is 9.36 Å². The number of rotatable bonds is 3. The maximum absolute atomic E-state index is 11.8. The monoisotopic (exact) mass is 220 g/mol. The molecule has 2 aromatic heterocycles. The summed E-state index contributed by atoms with van der Waals surface area (Å²) in [6.07, 6.45) is 4.55. The lowest BCUT2D eigenvalue weighted by Gasteiger charge is -2.06. The van der Waals surface area contributed by atoms with E-state index in [9.17, 15) is 9.59 Å². The molecule has 0 N–H and O–H groups in total. The lowest BCUT2D eigenvalue weighted by atomic mass is 10.3. The third-order valence-electron chi connectivity index (χ3n) is 2.40. The van der Waals surface area contributed by atoms with Crippen LogP contribution >= 0.6 is 0 Å². The van der Waals surface area contributed by atoms with Crippen molar-refractivity contribution in [2.45, 2.75) is 20.0 Å². The van der Waals surface area contributed by atoms with Crippen molar-refractivity contribution in [2.75, 3.05) is 0 Å². The van der Waals surface area contributed by atoms with Crippen LogP contribution in [0.1, 0.15) is 12.5 Å². The van der Waals surface area contributed by atoms with Crippen molar-refractivity contribution in [3.8, 4) is 0 Å². The zero-order valence-electron chi connectivity index (χ0n) is 8.92. The van der Waals surface area contributed by atoms with Crippen molar-refractivity contribution in [1.82, 2.24) is 9.13 Å². The van der Waals surface area contributed by atoms with E-state index in [2.05, 4.69) is 0 Å². The molecule has 0 saturated heterocycles. The minimum absolute atomic E-state index is 0.245. The fourth-order valence-electron chi connectivity index (χ4n) is 1.51. The van der Waals surface area contributed by atoms with Crippen LogP contribution in [0.15, 0.2) is 44.9 Å². The molecule has 84 valence electrons. The molecule has 0 radical (unpaired) electrons. The summed E-state index contributed by atoms with van der Waals surface area (Å²) in [6, 6.07) is 3.13. The lowest BCUT2D eigenvalue weighted by molar-refractivity contribution is 0.556. The van der Waals surface area contributed by atoms with E-state index in [1.807, 2.05) is 6.92 Å². The van der Waals surface area contributed by atoms with Crippen molar-refractivity contribution < 1.29 is 4.42 Å². The highest BCUT2D eigenvalue weighted by molar-refractivity contribution is 5.06. The molecule has 0 aliphatic carbocycles. The molecule has 2 aromatic rings. The first-order valence-electron chi connectivity index (χ1n) is 5.03. The smallest absolute Gasteiger partial charge is 0.331 e. The zero-order valence-corrected chi connectivity index (χ0v) is 8.92. The molecule has 0 saturated carbocycles. The van der Waals surface area contributed by atoms with E-state index in [0.29, 0.717) is 6.54 Å². The molecule has 0 aliphatic heterocycles. The highest BCUT2D eigenvalue weighted by Crippen LogP contribution is 1.99. The Morgan fingerprint density at radius 3 is 2.75 bits per heavy atom. The topological polar surface area (TPSA) is 57.1 Å². The van der Waals surface area contributed by atoms with Crippen molar-refractivity contribution >= 4 is 0 Å². The Morgan fingerprint density at radius 1 is 1.31 bits per heavy atom. The van der Waals surface area contributed by atoms with Crippen LogP contribution in [0.3, 0.4) is 0 Å². The fraction of sp³-hybridized carbons (Fsp3) is 0.273. The molecular formula is C11H12N2O3. The Hall–Kier alpha value is -2.04. The molecule has 2 rings (SSSR count). The summed E-state index contributed by atoms with van der Waals surface area (Å²) in [4.78, 5) is 23.4. The van der Waals surface area contributed by atoms with Gasteiger partial charge in [0.2, 0.25) is 0 Å². The van der Waals surface area contributed by atoms with Crippen LogP contribution in [0.5, 0.6) is 0 Å². The van der Waals surface area contributed by atoms with Crippen LogP contribution in [0.4, 0.5) is 0 Å². The van der Waals surface area contributed by atoms with Crippen molar-refractivity contribution in [2.24, 2.45) is 0 Å². The van der Waals surface area contributed by atoms with Crippen LogP contribution in [0, 0.1) is 0 Å². The molecule has 0 aromatic carbocycles. The quantitative estimate of drug-likeness (QED) is 0.764. The Bertz CT molecular complexity index is 578. The second-order valence-electron chi connectivity index (χ2n) is 3.44. The van der Waals surface area contributed by atoms with Crippen LogP contribution in [-0.2, 0) is 13.1 Å². The standard InChI is InChI=1S/C11H12N2O3/c1-2-12-5-3-10(14)13(11(12)15)7-9-4-6-16-8-9/h3-6,8H,2,7H2,1H3. The summed E-state index contributed by atoms with van der Waals surface area (Å²) in [5.41, 5.74) is 0.208. The summed E-state index contributed by atoms with van der Waals surface area (Å²) < 4.78 is 7.58. The Balaban J connectivity index is 2.48. The molecule has 2 heterocycles. The molecule has 5 nitrogen and oxygen atoms in total. The first-order chi connectivity index (χ1) is 7.72. The first-order valence-corrected chi connectivity index (χ1v) is 5.03. The molecule has 0 fully saturated rings. The van der Waals surface area contributed by atoms with Gasteiger partial charge in [-0.2, -0.15) is 0 Å². The van der Waals surface area contributed by atoms with E-state index in [0.717, 1.165) is 5.56 Å². The Labute approximate surface area is 91.6 Å². The summed E-state index contributed by atoms with van der Waals surface area (Å²) in [7, 11) is 0. The molecule has 0 aliphatic rings. The second-order valence-corrected chi connectivity index (χ2v) is 3.44. The van der Waals surface area contributed by atoms with E-state index in [1.54, 1.807) is 6.07 Å². The van der Waals surface area contributed by atoms with Gasteiger partial charge >= 0.3 is 5.69 Å². The third-order valence-corrected chi connectivity index (χ3v) is 2.40. The summed E-state index contributed by atoms with van der Waals surface area (Å²) >= 11 is 0. The van der Waals surface area contributed by atoms with Crippen LogP contribution < -0.4 is 11.2 Å². The predicted molar refractivity (Wildman–Crippen MR) is 58.4 cm³/mol. The average molecular weight is 220 g/mol. The maximum atomic E-state index is 11.8. The summed E-state index contributed by atoms with van der Waals surface area (Å²) in [5, 5.41) is 0. The largest absolute Gasteiger partial charge is 0.472 e. The number of aryl methyl sites for hydroxylation is 1.